The van der Waals surface area contributed by atoms with E-state index in [0.29, 0.717) is 36.6 Å². The molecule has 1 N–H and O–H groups in total. The van der Waals surface area contributed by atoms with Crippen LogP contribution in [-0.4, -0.2) is 48.1 Å². The third-order valence-electron chi connectivity index (χ3n) is 11.5. The Balaban J connectivity index is 1.27. The number of hydrogen-bond donors (Lipinski definition) is 1. The zero-order valence-corrected chi connectivity index (χ0v) is 21.8. The van der Waals surface area contributed by atoms with Crippen molar-refractivity contribution in [3.8, 4) is 0 Å². The Morgan fingerprint density at radius 2 is 2.11 bits per heavy atom. The van der Waals surface area contributed by atoms with Crippen molar-refractivity contribution in [1.82, 2.24) is 0 Å². The summed E-state index contributed by atoms with van der Waals surface area (Å²) in [6.45, 7) is 8.82. The van der Waals surface area contributed by atoms with Crippen molar-refractivity contribution in [2.75, 3.05) is 13.2 Å². The summed E-state index contributed by atoms with van der Waals surface area (Å²) in [7, 11) is 0. The molecule has 6 aliphatic rings. The third-order valence-corrected chi connectivity index (χ3v) is 11.5. The fourth-order valence-electron chi connectivity index (χ4n) is 9.52. The molecule has 194 valence electrons. The molecule has 3 saturated carbocycles. The molecule has 5 fully saturated rings. The average Bonchev–Trinajstić information content (AvgIpc) is 3.23. The summed E-state index contributed by atoms with van der Waals surface area (Å²) in [5.74, 6) is 1.40. The van der Waals surface area contributed by atoms with Gasteiger partial charge in [-0.05, 0) is 67.6 Å². The molecule has 6 heteroatoms. The molecule has 2 bridgehead atoms. The molecule has 0 aromatic rings. The Morgan fingerprint density at radius 3 is 2.86 bits per heavy atom. The Kier molecular flexibility index (Phi) is 5.60. The first-order valence-corrected chi connectivity index (χ1v) is 14.0. The summed E-state index contributed by atoms with van der Waals surface area (Å²) in [6, 6.07) is 0. The van der Waals surface area contributed by atoms with Crippen molar-refractivity contribution in [3.63, 3.8) is 0 Å². The molecule has 4 aliphatic carbocycles. The Bertz CT molecular complexity index is 943. The number of aliphatic hydroxyl groups excluding tert-OH is 1. The van der Waals surface area contributed by atoms with Crippen LogP contribution in [0.3, 0.4) is 0 Å². The van der Waals surface area contributed by atoms with Gasteiger partial charge in [-0.3, -0.25) is 9.59 Å². The maximum Gasteiger partial charge on any atom is 0.302 e. The topological polar surface area (TPSA) is 82.1 Å². The van der Waals surface area contributed by atoms with Gasteiger partial charge in [0.15, 0.2) is 5.79 Å². The summed E-state index contributed by atoms with van der Waals surface area (Å²) in [6.07, 6.45) is 9.69. The van der Waals surface area contributed by atoms with Gasteiger partial charge >= 0.3 is 5.97 Å². The minimum Gasteiger partial charge on any atom is -0.463 e. The molecule has 11 atom stereocenters. The van der Waals surface area contributed by atoms with Crippen LogP contribution in [0.2, 0.25) is 0 Å². The molecule has 6 rings (SSSR count). The van der Waals surface area contributed by atoms with Crippen LogP contribution in [0.5, 0.6) is 0 Å². The van der Waals surface area contributed by atoms with Gasteiger partial charge in [-0.25, -0.2) is 0 Å². The normalized spacial score (nSPS) is 50.6. The highest BCUT2D eigenvalue weighted by Crippen LogP contribution is 2.70. The highest BCUT2D eigenvalue weighted by atomic mass is 16.7. The van der Waals surface area contributed by atoms with Gasteiger partial charge in [-0.2, -0.15) is 0 Å². The Hall–Kier alpha value is -1.24. The molecule has 0 unspecified atom stereocenters. The summed E-state index contributed by atoms with van der Waals surface area (Å²) in [5.41, 5.74) is 0.937. The predicted octanol–water partition coefficient (Wildman–Crippen LogP) is 4.44. The predicted molar refractivity (Wildman–Crippen MR) is 129 cm³/mol. The van der Waals surface area contributed by atoms with Crippen molar-refractivity contribution in [3.05, 3.63) is 11.6 Å². The maximum atomic E-state index is 14.2. The molecule has 0 radical (unpaired) electrons. The van der Waals surface area contributed by atoms with Gasteiger partial charge in [0, 0.05) is 38.2 Å². The van der Waals surface area contributed by atoms with Crippen LogP contribution < -0.4 is 0 Å². The van der Waals surface area contributed by atoms with E-state index < -0.39 is 11.2 Å². The first kappa shape index (κ1) is 24.1. The van der Waals surface area contributed by atoms with E-state index in [9.17, 15) is 14.7 Å². The molecular formula is C29H42O6. The number of carbonyl (C=O) groups excluding carboxylic acids is 2. The number of aliphatic hydroxyl groups is 1. The zero-order chi connectivity index (χ0) is 24.8. The molecule has 0 amide bonds. The van der Waals surface area contributed by atoms with E-state index in [2.05, 4.69) is 26.8 Å². The fraction of sp³-hybridized carbons (Fsp3) is 0.862. The van der Waals surface area contributed by atoms with E-state index in [-0.39, 0.29) is 48.0 Å². The molecule has 1 spiro atoms. The first-order valence-electron chi connectivity index (χ1n) is 14.0. The standard InChI is InChI=1S/C29H42O6/c1-16(14-30)7-10-29-17(2)26-24(35-29)12-23-21-6-5-19-11-20(34-18(3)31)8-9-27(19,4)22(21)13-25(32)28(23,26)15-33-29/h12,16-17,19-22,24,26,30H,5-11,13-15H2,1-4H3/t16-,17+,19+,20+,21-,22+,24+,26+,27+,28-,29+/m1/s1. The molecule has 2 heterocycles. The van der Waals surface area contributed by atoms with Crippen molar-refractivity contribution < 1.29 is 28.9 Å². The third kappa shape index (κ3) is 3.24. The summed E-state index contributed by atoms with van der Waals surface area (Å²) < 4.78 is 18.9. The molecular weight excluding hydrogens is 444 g/mol. The number of esters is 1. The van der Waals surface area contributed by atoms with Crippen LogP contribution >= 0.6 is 0 Å². The number of hydrogen-bond acceptors (Lipinski definition) is 6. The lowest BCUT2D eigenvalue weighted by atomic mass is 9.44. The quantitative estimate of drug-likeness (QED) is 0.457. The lowest BCUT2D eigenvalue weighted by Crippen LogP contribution is -2.61. The summed E-state index contributed by atoms with van der Waals surface area (Å²) in [4.78, 5) is 25.7. The highest BCUT2D eigenvalue weighted by Gasteiger charge is 2.73. The number of carbonyl (C=O) groups is 2. The van der Waals surface area contributed by atoms with Crippen molar-refractivity contribution >= 4 is 11.8 Å². The fourth-order valence-corrected chi connectivity index (χ4v) is 9.52. The number of ether oxygens (including phenoxy) is 3. The first-order chi connectivity index (χ1) is 16.6. The van der Waals surface area contributed by atoms with Gasteiger partial charge in [0.1, 0.15) is 11.9 Å². The monoisotopic (exact) mass is 486 g/mol. The molecule has 2 saturated heterocycles. The van der Waals surface area contributed by atoms with E-state index in [1.54, 1.807) is 0 Å². The number of rotatable bonds is 5. The van der Waals surface area contributed by atoms with Crippen LogP contribution in [0.1, 0.15) is 79.1 Å². The van der Waals surface area contributed by atoms with Crippen molar-refractivity contribution in [1.29, 1.82) is 0 Å². The smallest absolute Gasteiger partial charge is 0.302 e. The molecule has 6 nitrogen and oxygen atoms in total. The average molecular weight is 487 g/mol. The van der Waals surface area contributed by atoms with Gasteiger partial charge < -0.3 is 19.3 Å². The minimum atomic E-state index is -0.623. The lowest BCUT2D eigenvalue weighted by molar-refractivity contribution is -0.265. The second-order valence-corrected chi connectivity index (χ2v) is 13.0. The van der Waals surface area contributed by atoms with E-state index in [0.717, 1.165) is 44.9 Å². The van der Waals surface area contributed by atoms with E-state index in [1.807, 2.05) is 0 Å². The molecule has 0 aromatic heterocycles. The lowest BCUT2D eigenvalue weighted by Gasteiger charge is -2.60. The van der Waals surface area contributed by atoms with Crippen LogP contribution in [0.15, 0.2) is 11.6 Å². The van der Waals surface area contributed by atoms with Crippen molar-refractivity contribution in [2.45, 2.75) is 97.1 Å². The SMILES string of the molecule is CC(=O)O[C@H]1CC[C@@]2(C)[C@@H](CC[C@H]3C4=C[C@@H]5O[C@]6(CC[C@@H](C)CO)OC[C@@]4(C(=O)C[C@@H]32)[C@H]5[C@@H]6C)C1. The summed E-state index contributed by atoms with van der Waals surface area (Å²) in [5, 5.41) is 9.50. The zero-order valence-electron chi connectivity index (χ0n) is 21.8. The maximum absolute atomic E-state index is 14.2. The molecule has 0 aromatic carbocycles. The summed E-state index contributed by atoms with van der Waals surface area (Å²) >= 11 is 0. The Labute approximate surface area is 209 Å². The van der Waals surface area contributed by atoms with Gasteiger partial charge in [0.2, 0.25) is 0 Å². The second kappa shape index (κ2) is 8.13. The van der Waals surface area contributed by atoms with Crippen LogP contribution in [0, 0.1) is 46.3 Å². The molecule has 35 heavy (non-hydrogen) atoms. The van der Waals surface area contributed by atoms with E-state index in [1.165, 1.54) is 12.5 Å². The van der Waals surface area contributed by atoms with Gasteiger partial charge in [0.25, 0.3) is 0 Å². The minimum absolute atomic E-state index is 0.0282. The van der Waals surface area contributed by atoms with Crippen LogP contribution in [-0.2, 0) is 23.8 Å². The molecule has 2 aliphatic heterocycles. The van der Waals surface area contributed by atoms with E-state index in [4.69, 9.17) is 14.2 Å². The highest BCUT2D eigenvalue weighted by molar-refractivity contribution is 5.91. The van der Waals surface area contributed by atoms with Crippen molar-refractivity contribution in [2.24, 2.45) is 46.3 Å². The van der Waals surface area contributed by atoms with Gasteiger partial charge in [-0.1, -0.05) is 32.4 Å². The second-order valence-electron chi connectivity index (χ2n) is 13.0. The number of fused-ring (bicyclic) bond motifs is 5. The van der Waals surface area contributed by atoms with Crippen LogP contribution in [0.4, 0.5) is 0 Å². The van der Waals surface area contributed by atoms with Gasteiger partial charge in [-0.15, -0.1) is 0 Å². The largest absolute Gasteiger partial charge is 0.463 e. The number of Topliss-reactive ketones (excluding diaryl/α,β-unsaturated/α-hetero) is 1. The Morgan fingerprint density at radius 1 is 1.31 bits per heavy atom. The van der Waals surface area contributed by atoms with Gasteiger partial charge in [0.05, 0.1) is 18.1 Å². The van der Waals surface area contributed by atoms with E-state index >= 15 is 0 Å². The van der Waals surface area contributed by atoms with Crippen LogP contribution in [0.25, 0.3) is 0 Å². The number of ketones is 1.